The maximum absolute atomic E-state index is 10.9. The Kier molecular flexibility index (Phi) is 4.92. The number of aliphatic hydroxyl groups is 1. The van der Waals surface area contributed by atoms with Gasteiger partial charge in [0.05, 0.1) is 6.61 Å². The third-order valence-corrected chi connectivity index (χ3v) is 4.19. The fourth-order valence-corrected chi connectivity index (χ4v) is 3.14. The molecule has 2 aromatic rings. The summed E-state index contributed by atoms with van der Waals surface area (Å²) in [6, 6.07) is 4.02. The second kappa shape index (κ2) is 6.68. The summed E-state index contributed by atoms with van der Waals surface area (Å²) in [7, 11) is 0. The van der Waals surface area contributed by atoms with Crippen molar-refractivity contribution >= 4 is 28.6 Å². The minimum Gasteiger partial charge on any atom is -0.461 e. The van der Waals surface area contributed by atoms with Gasteiger partial charge in [-0.1, -0.05) is 0 Å². The number of carbonyl (C=O) groups excluding carboxylic acids is 1. The molecule has 18 heavy (non-hydrogen) atoms. The van der Waals surface area contributed by atoms with E-state index in [0.29, 0.717) is 6.61 Å². The van der Waals surface area contributed by atoms with Gasteiger partial charge in [0, 0.05) is 13.0 Å². The number of esters is 1. The van der Waals surface area contributed by atoms with Crippen LogP contribution in [0.4, 0.5) is 0 Å². The van der Waals surface area contributed by atoms with E-state index in [2.05, 4.69) is 5.38 Å². The average molecular weight is 282 g/mol. The fourth-order valence-electron chi connectivity index (χ4n) is 1.59. The number of fused-ring (bicyclic) bond motifs is 1. The molecule has 5 heteroatoms. The number of rotatable bonds is 2. The predicted molar refractivity (Wildman–Crippen MR) is 73.4 cm³/mol. The lowest BCUT2D eigenvalue weighted by Crippen LogP contribution is -2.14. The molecule has 0 spiro atoms. The van der Waals surface area contributed by atoms with Gasteiger partial charge < -0.3 is 9.84 Å². The number of cyclic esters (lactones) is 1. The van der Waals surface area contributed by atoms with E-state index in [9.17, 15) is 4.79 Å². The molecule has 1 N–H and O–H groups in total. The van der Waals surface area contributed by atoms with Crippen LogP contribution in [0.25, 0.3) is 0 Å². The van der Waals surface area contributed by atoms with E-state index in [-0.39, 0.29) is 12.6 Å². The molecule has 0 unspecified atom stereocenters. The smallest absolute Gasteiger partial charge is 0.348 e. The van der Waals surface area contributed by atoms with E-state index in [0.717, 1.165) is 23.3 Å². The Morgan fingerprint density at radius 1 is 1.33 bits per heavy atom. The van der Waals surface area contributed by atoms with Crippen LogP contribution in [0.3, 0.4) is 0 Å². The van der Waals surface area contributed by atoms with E-state index >= 15 is 0 Å². The molecule has 0 atom stereocenters. The highest BCUT2D eigenvalue weighted by molar-refractivity contribution is 7.12. The van der Waals surface area contributed by atoms with Crippen molar-refractivity contribution in [2.24, 2.45) is 0 Å². The average Bonchev–Trinajstić information content (AvgIpc) is 3.01. The van der Waals surface area contributed by atoms with E-state index in [4.69, 9.17) is 9.84 Å². The summed E-state index contributed by atoms with van der Waals surface area (Å²) >= 11 is 3.13. The molecule has 0 amide bonds. The van der Waals surface area contributed by atoms with Gasteiger partial charge in [0.1, 0.15) is 4.88 Å². The molecule has 3 nitrogen and oxygen atoms in total. The van der Waals surface area contributed by atoms with Crippen molar-refractivity contribution in [3.05, 3.63) is 44.3 Å². The van der Waals surface area contributed by atoms with Gasteiger partial charge in [0.25, 0.3) is 0 Å². The first-order chi connectivity index (χ1) is 8.81. The zero-order valence-electron chi connectivity index (χ0n) is 9.80. The van der Waals surface area contributed by atoms with E-state index in [1.165, 1.54) is 16.9 Å². The van der Waals surface area contributed by atoms with Crippen molar-refractivity contribution in [1.82, 2.24) is 0 Å². The molecule has 96 valence electrons. The molecular formula is C13H14O3S2. The Morgan fingerprint density at radius 3 is 2.89 bits per heavy atom. The van der Waals surface area contributed by atoms with Crippen LogP contribution in [0.5, 0.6) is 0 Å². The Balaban J connectivity index is 0.000000138. The van der Waals surface area contributed by atoms with Gasteiger partial charge in [-0.05, 0) is 45.8 Å². The number of ether oxygens (including phenoxy) is 1. The molecule has 3 rings (SSSR count). The van der Waals surface area contributed by atoms with Crippen LogP contribution >= 0.6 is 22.7 Å². The zero-order chi connectivity index (χ0) is 12.8. The molecule has 0 bridgehead atoms. The second-order valence-electron chi connectivity index (χ2n) is 3.77. The van der Waals surface area contributed by atoms with Crippen LogP contribution in [0.2, 0.25) is 0 Å². The van der Waals surface area contributed by atoms with Gasteiger partial charge in [0.2, 0.25) is 0 Å². The van der Waals surface area contributed by atoms with Crippen molar-refractivity contribution in [3.8, 4) is 0 Å². The Hall–Kier alpha value is -1.17. The summed E-state index contributed by atoms with van der Waals surface area (Å²) in [5.74, 6) is -0.156. The SMILES string of the molecule is O=C1OCCc2ccsc21.OCCc1ccsc1. The van der Waals surface area contributed by atoms with Gasteiger partial charge in [-0.25, -0.2) is 4.79 Å². The van der Waals surface area contributed by atoms with Crippen LogP contribution in [-0.4, -0.2) is 24.3 Å². The van der Waals surface area contributed by atoms with E-state index in [1.807, 2.05) is 22.9 Å². The molecule has 2 aromatic heterocycles. The van der Waals surface area contributed by atoms with Gasteiger partial charge in [0.15, 0.2) is 0 Å². The molecule has 0 saturated carbocycles. The summed E-state index contributed by atoms with van der Waals surface area (Å²) in [6.07, 6.45) is 1.67. The van der Waals surface area contributed by atoms with Gasteiger partial charge in [-0.15, -0.1) is 11.3 Å². The van der Waals surface area contributed by atoms with Crippen molar-refractivity contribution in [2.75, 3.05) is 13.2 Å². The summed E-state index contributed by atoms with van der Waals surface area (Å²) in [5.41, 5.74) is 2.37. The lowest BCUT2D eigenvalue weighted by Gasteiger charge is -2.09. The fraction of sp³-hybridized carbons (Fsp3) is 0.308. The maximum atomic E-state index is 10.9. The predicted octanol–water partition coefficient (Wildman–Crippen LogP) is 2.74. The first-order valence-electron chi connectivity index (χ1n) is 5.66. The molecule has 0 fully saturated rings. The highest BCUT2D eigenvalue weighted by atomic mass is 32.1. The zero-order valence-corrected chi connectivity index (χ0v) is 11.4. The van der Waals surface area contributed by atoms with Crippen molar-refractivity contribution in [3.63, 3.8) is 0 Å². The molecule has 1 aliphatic heterocycles. The molecule has 0 saturated heterocycles. The number of hydrogen-bond acceptors (Lipinski definition) is 5. The number of hydrogen-bond donors (Lipinski definition) is 1. The maximum Gasteiger partial charge on any atom is 0.348 e. The Labute approximate surface area is 114 Å². The summed E-state index contributed by atoms with van der Waals surface area (Å²) in [5, 5.41) is 14.4. The first kappa shape index (κ1) is 13.3. The van der Waals surface area contributed by atoms with Gasteiger partial charge >= 0.3 is 5.97 Å². The van der Waals surface area contributed by atoms with Gasteiger partial charge in [-0.2, -0.15) is 11.3 Å². The standard InChI is InChI=1S/C7H6O2S.C6H8OS/c8-7-6-5(1-3-9-7)2-4-10-6;7-3-1-6-2-4-8-5-6/h2,4H,1,3H2;2,4-5,7H,1,3H2. The topological polar surface area (TPSA) is 46.5 Å². The normalized spacial score (nSPS) is 13.3. The molecule has 3 heterocycles. The monoisotopic (exact) mass is 282 g/mol. The molecule has 0 radical (unpaired) electrons. The molecular weight excluding hydrogens is 268 g/mol. The van der Waals surface area contributed by atoms with Crippen LogP contribution in [0.15, 0.2) is 28.3 Å². The van der Waals surface area contributed by atoms with Crippen molar-refractivity contribution < 1.29 is 14.6 Å². The lowest BCUT2D eigenvalue weighted by molar-refractivity contribution is 0.0488. The Morgan fingerprint density at radius 2 is 2.22 bits per heavy atom. The number of carbonyl (C=O) groups is 1. The lowest BCUT2D eigenvalue weighted by atomic mass is 10.2. The summed E-state index contributed by atoms with van der Waals surface area (Å²) < 4.78 is 4.83. The molecule has 0 aliphatic carbocycles. The minimum atomic E-state index is -0.156. The van der Waals surface area contributed by atoms with E-state index in [1.54, 1.807) is 11.3 Å². The highest BCUT2D eigenvalue weighted by Gasteiger charge is 2.18. The van der Waals surface area contributed by atoms with Crippen molar-refractivity contribution in [2.45, 2.75) is 12.8 Å². The summed E-state index contributed by atoms with van der Waals surface area (Å²) in [4.78, 5) is 11.7. The molecule has 1 aliphatic rings. The Bertz CT molecular complexity index is 488. The quantitative estimate of drug-likeness (QED) is 0.862. The third kappa shape index (κ3) is 3.41. The highest BCUT2D eigenvalue weighted by Crippen LogP contribution is 2.21. The second-order valence-corrected chi connectivity index (χ2v) is 5.46. The van der Waals surface area contributed by atoms with Crippen molar-refractivity contribution in [1.29, 1.82) is 0 Å². The summed E-state index contributed by atoms with van der Waals surface area (Å²) in [6.45, 7) is 0.805. The molecule has 0 aromatic carbocycles. The first-order valence-corrected chi connectivity index (χ1v) is 7.49. The van der Waals surface area contributed by atoms with Crippen LogP contribution in [0.1, 0.15) is 20.8 Å². The minimum absolute atomic E-state index is 0.156. The van der Waals surface area contributed by atoms with Gasteiger partial charge in [-0.3, -0.25) is 0 Å². The van der Waals surface area contributed by atoms with Crippen LogP contribution < -0.4 is 0 Å². The number of aliphatic hydroxyl groups excluding tert-OH is 1. The largest absolute Gasteiger partial charge is 0.461 e. The van der Waals surface area contributed by atoms with E-state index < -0.39 is 0 Å². The van der Waals surface area contributed by atoms with Crippen LogP contribution in [0, 0.1) is 0 Å². The van der Waals surface area contributed by atoms with Crippen LogP contribution in [-0.2, 0) is 17.6 Å². The third-order valence-electron chi connectivity index (χ3n) is 2.52. The number of thiophene rings is 2.